The summed E-state index contributed by atoms with van der Waals surface area (Å²) in [6.45, 7) is 1.25. The summed E-state index contributed by atoms with van der Waals surface area (Å²) < 4.78 is 36.7. The van der Waals surface area contributed by atoms with Gasteiger partial charge in [-0.1, -0.05) is 30.3 Å². The third kappa shape index (κ3) is 4.52. The quantitative estimate of drug-likeness (QED) is 0.591. The summed E-state index contributed by atoms with van der Waals surface area (Å²) in [5.74, 6) is -1.23. The molecule has 3 aromatic rings. The number of nitrogens with zero attached hydrogens (tertiary/aromatic N) is 1. The van der Waals surface area contributed by atoms with Gasteiger partial charge in [0, 0.05) is 18.6 Å². The number of oxazole rings is 1. The second-order valence-corrected chi connectivity index (χ2v) is 8.10. The van der Waals surface area contributed by atoms with Crippen molar-refractivity contribution in [3.63, 3.8) is 0 Å². The molecule has 0 fully saturated rings. The highest BCUT2D eigenvalue weighted by molar-refractivity contribution is 7.92. The van der Waals surface area contributed by atoms with Gasteiger partial charge in [0.15, 0.2) is 27.8 Å². The number of aromatic nitrogens is 1. The Morgan fingerprint density at radius 1 is 1.17 bits per heavy atom. The molecule has 0 aliphatic rings. The van der Waals surface area contributed by atoms with E-state index < -0.39 is 27.3 Å². The molecule has 150 valence electrons. The Labute approximate surface area is 167 Å². The van der Waals surface area contributed by atoms with Gasteiger partial charge in [-0.05, 0) is 6.07 Å². The van der Waals surface area contributed by atoms with Crippen molar-refractivity contribution in [3.05, 3.63) is 60.6 Å². The van der Waals surface area contributed by atoms with E-state index in [4.69, 9.17) is 9.15 Å². The zero-order valence-electron chi connectivity index (χ0n) is 15.7. The Hall–Kier alpha value is -3.46. The van der Waals surface area contributed by atoms with Crippen LogP contribution < -0.4 is 10.1 Å². The van der Waals surface area contributed by atoms with Crippen molar-refractivity contribution in [3.8, 4) is 17.1 Å². The SMILES string of the molecule is COc1cc(NC(C)=O)c(S(=O)(=O)CC(=O)c2ccccc2)cc1-c1cnco1. The number of carbonyl (C=O) groups is 2. The Morgan fingerprint density at radius 3 is 2.48 bits per heavy atom. The molecular weight excluding hydrogens is 396 g/mol. The number of hydrogen-bond acceptors (Lipinski definition) is 7. The number of amides is 1. The summed E-state index contributed by atoms with van der Waals surface area (Å²) in [6.07, 6.45) is 2.60. The fourth-order valence-corrected chi connectivity index (χ4v) is 4.18. The molecule has 9 heteroatoms. The minimum absolute atomic E-state index is 0.0125. The lowest BCUT2D eigenvalue weighted by Crippen LogP contribution is -2.19. The van der Waals surface area contributed by atoms with Gasteiger partial charge in [0.1, 0.15) is 11.5 Å². The van der Waals surface area contributed by atoms with E-state index in [-0.39, 0.29) is 27.7 Å². The molecular formula is C20H18N2O6S. The summed E-state index contributed by atoms with van der Waals surface area (Å²) >= 11 is 0. The van der Waals surface area contributed by atoms with Crippen LogP contribution in [0.15, 0.2) is 64.4 Å². The smallest absolute Gasteiger partial charge is 0.221 e. The largest absolute Gasteiger partial charge is 0.496 e. The van der Waals surface area contributed by atoms with E-state index in [2.05, 4.69) is 10.3 Å². The molecule has 0 saturated heterocycles. The first-order valence-corrected chi connectivity index (χ1v) is 10.2. The van der Waals surface area contributed by atoms with E-state index in [0.29, 0.717) is 5.56 Å². The maximum atomic E-state index is 13.1. The van der Waals surface area contributed by atoms with Gasteiger partial charge in [-0.3, -0.25) is 9.59 Å². The van der Waals surface area contributed by atoms with Crippen LogP contribution in [0.25, 0.3) is 11.3 Å². The molecule has 0 radical (unpaired) electrons. The van der Waals surface area contributed by atoms with Crippen molar-refractivity contribution >= 4 is 27.2 Å². The molecule has 0 unspecified atom stereocenters. The molecule has 3 rings (SSSR count). The number of methoxy groups -OCH3 is 1. The van der Waals surface area contributed by atoms with E-state index in [1.54, 1.807) is 30.3 Å². The van der Waals surface area contributed by atoms with Gasteiger partial charge >= 0.3 is 0 Å². The fraction of sp³-hybridized carbons (Fsp3) is 0.150. The molecule has 1 N–H and O–H groups in total. The maximum Gasteiger partial charge on any atom is 0.221 e. The van der Waals surface area contributed by atoms with Crippen molar-refractivity contribution in [2.45, 2.75) is 11.8 Å². The Morgan fingerprint density at radius 2 is 1.90 bits per heavy atom. The average molecular weight is 414 g/mol. The highest BCUT2D eigenvalue weighted by Crippen LogP contribution is 2.37. The van der Waals surface area contributed by atoms with E-state index in [1.807, 2.05) is 0 Å². The number of carbonyl (C=O) groups excluding carboxylic acids is 2. The monoisotopic (exact) mass is 414 g/mol. The van der Waals surface area contributed by atoms with Gasteiger partial charge in [0.05, 0.1) is 29.5 Å². The molecule has 8 nitrogen and oxygen atoms in total. The molecule has 1 amide bonds. The van der Waals surface area contributed by atoms with Gasteiger partial charge in [0.2, 0.25) is 5.91 Å². The van der Waals surface area contributed by atoms with Crippen molar-refractivity contribution in [2.24, 2.45) is 0 Å². The number of ketones is 1. The van der Waals surface area contributed by atoms with Gasteiger partial charge in [0.25, 0.3) is 0 Å². The van der Waals surface area contributed by atoms with Crippen LogP contribution >= 0.6 is 0 Å². The normalized spacial score (nSPS) is 11.1. The first-order valence-electron chi connectivity index (χ1n) is 8.51. The number of benzene rings is 2. The number of sulfone groups is 1. The number of rotatable bonds is 7. The summed E-state index contributed by atoms with van der Waals surface area (Å²) in [5.41, 5.74) is 0.615. The molecule has 2 aromatic carbocycles. The molecule has 1 heterocycles. The van der Waals surface area contributed by atoms with Crippen LogP contribution in [0.1, 0.15) is 17.3 Å². The standard InChI is InChI=1S/C20H18N2O6S/c1-13(23)22-16-9-18(27-2)15(19-10-21-12-28-19)8-20(16)29(25,26)11-17(24)14-6-4-3-5-7-14/h3-10,12H,11H2,1-2H3,(H,22,23). The number of Topliss-reactive ketones (excluding diaryl/α,β-unsaturated/α-hetero) is 1. The lowest BCUT2D eigenvalue weighted by atomic mass is 10.1. The van der Waals surface area contributed by atoms with Crippen molar-refractivity contribution in [1.29, 1.82) is 0 Å². The number of ether oxygens (including phenoxy) is 1. The van der Waals surface area contributed by atoms with E-state index in [1.165, 1.54) is 38.8 Å². The highest BCUT2D eigenvalue weighted by Gasteiger charge is 2.27. The molecule has 0 bridgehead atoms. The minimum atomic E-state index is -4.10. The summed E-state index contributed by atoms with van der Waals surface area (Å²) in [7, 11) is -2.70. The molecule has 1 aromatic heterocycles. The molecule has 0 aliphatic heterocycles. The van der Waals surface area contributed by atoms with Gasteiger partial charge in [-0.2, -0.15) is 0 Å². The van der Waals surface area contributed by atoms with E-state index in [9.17, 15) is 18.0 Å². The summed E-state index contributed by atoms with van der Waals surface area (Å²) in [6, 6.07) is 10.8. The topological polar surface area (TPSA) is 116 Å². The molecule has 0 aliphatic carbocycles. The molecule has 29 heavy (non-hydrogen) atoms. The lowest BCUT2D eigenvalue weighted by Gasteiger charge is -2.15. The fourth-order valence-electron chi connectivity index (χ4n) is 2.77. The first kappa shape index (κ1) is 20.3. The van der Waals surface area contributed by atoms with Crippen LogP contribution in [0.2, 0.25) is 0 Å². The second kappa shape index (κ2) is 8.27. The predicted molar refractivity (Wildman–Crippen MR) is 106 cm³/mol. The predicted octanol–water partition coefficient (Wildman–Crippen LogP) is 2.97. The van der Waals surface area contributed by atoms with Crippen LogP contribution in [0.5, 0.6) is 5.75 Å². The van der Waals surface area contributed by atoms with Crippen molar-refractivity contribution in [1.82, 2.24) is 4.98 Å². The van der Waals surface area contributed by atoms with Crippen LogP contribution in [0.3, 0.4) is 0 Å². The third-order valence-corrected chi connectivity index (χ3v) is 5.71. The number of nitrogens with one attached hydrogen (secondary N) is 1. The summed E-state index contributed by atoms with van der Waals surface area (Å²) in [5, 5.41) is 2.48. The number of hydrogen-bond donors (Lipinski definition) is 1. The second-order valence-electron chi connectivity index (χ2n) is 6.14. The Bertz CT molecular complexity index is 1140. The van der Waals surface area contributed by atoms with Gasteiger partial charge in [-0.25, -0.2) is 13.4 Å². The van der Waals surface area contributed by atoms with Crippen LogP contribution in [0.4, 0.5) is 5.69 Å². The Kier molecular flexibility index (Phi) is 5.79. The minimum Gasteiger partial charge on any atom is -0.496 e. The first-order chi connectivity index (χ1) is 13.8. The number of anilines is 1. The lowest BCUT2D eigenvalue weighted by molar-refractivity contribution is -0.114. The summed E-state index contributed by atoms with van der Waals surface area (Å²) in [4.78, 5) is 27.7. The van der Waals surface area contributed by atoms with E-state index >= 15 is 0 Å². The van der Waals surface area contributed by atoms with Crippen molar-refractivity contribution < 1.29 is 27.2 Å². The average Bonchev–Trinajstić information content (AvgIpc) is 3.22. The zero-order valence-corrected chi connectivity index (χ0v) is 16.5. The third-order valence-electron chi connectivity index (χ3n) is 4.06. The zero-order chi connectivity index (χ0) is 21.0. The van der Waals surface area contributed by atoms with E-state index in [0.717, 1.165) is 0 Å². The van der Waals surface area contributed by atoms with Crippen LogP contribution in [-0.2, 0) is 14.6 Å². The maximum absolute atomic E-state index is 13.1. The molecule has 0 atom stereocenters. The van der Waals surface area contributed by atoms with Gasteiger partial charge < -0.3 is 14.5 Å². The molecule has 0 saturated carbocycles. The van der Waals surface area contributed by atoms with Gasteiger partial charge in [-0.15, -0.1) is 0 Å². The van der Waals surface area contributed by atoms with Crippen LogP contribution in [0, 0.1) is 0 Å². The highest BCUT2D eigenvalue weighted by atomic mass is 32.2. The molecule has 0 spiro atoms. The van der Waals surface area contributed by atoms with Crippen molar-refractivity contribution in [2.75, 3.05) is 18.2 Å². The Balaban J connectivity index is 2.10. The van der Waals surface area contributed by atoms with Crippen LogP contribution in [-0.4, -0.2) is 38.0 Å².